The molecule has 0 aliphatic carbocycles. The number of imidazole rings is 1. The van der Waals surface area contributed by atoms with Gasteiger partial charge in [0.1, 0.15) is 17.6 Å². The van der Waals surface area contributed by atoms with Crippen molar-refractivity contribution in [3.63, 3.8) is 0 Å². The number of aliphatic hydroxyl groups excluding tert-OH is 1. The van der Waals surface area contributed by atoms with Crippen molar-refractivity contribution in [1.82, 2.24) is 15.0 Å². The summed E-state index contributed by atoms with van der Waals surface area (Å²) in [6.45, 7) is -0.889. The van der Waals surface area contributed by atoms with Gasteiger partial charge in [-0.25, -0.2) is 18.0 Å². The molecule has 8 nitrogen and oxygen atoms in total. The van der Waals surface area contributed by atoms with Crippen LogP contribution >= 0.6 is 0 Å². The number of rotatable bonds is 7. The Kier molecular flexibility index (Phi) is 7.08. The minimum atomic E-state index is -3.38. The number of halogens is 4. The van der Waals surface area contributed by atoms with E-state index in [4.69, 9.17) is 14.6 Å². The van der Waals surface area contributed by atoms with Gasteiger partial charge in [-0.3, -0.25) is 0 Å². The number of H-pyrrole nitrogens is 1. The highest BCUT2D eigenvalue weighted by Crippen LogP contribution is 2.37. The molecule has 2 atom stereocenters. The van der Waals surface area contributed by atoms with Gasteiger partial charge >= 0.3 is 5.92 Å². The number of pyridine rings is 1. The summed E-state index contributed by atoms with van der Waals surface area (Å²) in [5.74, 6) is -4.96. The molecule has 1 fully saturated rings. The van der Waals surface area contributed by atoms with Crippen LogP contribution in [0.1, 0.15) is 6.42 Å². The van der Waals surface area contributed by atoms with Crippen molar-refractivity contribution in [2.24, 2.45) is 4.36 Å². The van der Waals surface area contributed by atoms with Crippen LogP contribution in [0.5, 0.6) is 6.01 Å². The van der Waals surface area contributed by atoms with Gasteiger partial charge in [-0.1, -0.05) is 18.2 Å². The Balaban J connectivity index is 1.40. The molecule has 1 aliphatic rings. The topological polar surface area (TPSA) is 110 Å². The second-order valence-electron chi connectivity index (χ2n) is 9.36. The molecule has 4 aromatic rings. The number of aromatic nitrogens is 3. The molecule has 39 heavy (non-hydrogen) atoms. The maximum absolute atomic E-state index is 15.1. The number of nitrogens with zero attached hydrogens (tertiary/aromatic N) is 3. The maximum atomic E-state index is 15.1. The van der Waals surface area contributed by atoms with Gasteiger partial charge in [0.05, 0.1) is 17.8 Å². The third-order valence-electron chi connectivity index (χ3n) is 6.11. The fourth-order valence-electron chi connectivity index (χ4n) is 4.27. The Labute approximate surface area is 221 Å². The van der Waals surface area contributed by atoms with Gasteiger partial charge in [-0.15, -0.1) is 0 Å². The summed E-state index contributed by atoms with van der Waals surface area (Å²) < 4.78 is 85.4. The van der Waals surface area contributed by atoms with Gasteiger partial charge in [0.25, 0.3) is 6.01 Å². The van der Waals surface area contributed by atoms with E-state index in [9.17, 15) is 17.4 Å². The maximum Gasteiger partial charge on any atom is 0.312 e. The van der Waals surface area contributed by atoms with E-state index in [2.05, 4.69) is 19.3 Å². The Hall–Kier alpha value is -3.55. The lowest BCUT2D eigenvalue weighted by molar-refractivity contribution is -0.110. The summed E-state index contributed by atoms with van der Waals surface area (Å²) in [7, 11) is -2.32. The number of aromatic amines is 1. The molecule has 3 heterocycles. The Morgan fingerprint density at radius 2 is 1.82 bits per heavy atom. The van der Waals surface area contributed by atoms with E-state index in [1.54, 1.807) is 30.3 Å². The summed E-state index contributed by atoms with van der Waals surface area (Å²) in [4.78, 5) is 10.7. The molecule has 0 amide bonds. The molecule has 0 unspecified atom stereocenters. The number of nitrogens with one attached hydrogen (secondary N) is 1. The Morgan fingerprint density at radius 1 is 1.10 bits per heavy atom. The number of hydrogen-bond acceptors (Lipinski definition) is 7. The molecule has 0 radical (unpaired) electrons. The molecule has 206 valence electrons. The van der Waals surface area contributed by atoms with Crippen LogP contribution in [0, 0.1) is 11.6 Å². The standard InChI is InChI=1S/C26H24F4N4O4S/c1-39(2,36)34-16-6-3-14(4-7-16)15-5-8-17(18(27)11-15)23-19(28)12-20-24(32-23)33-25(31-20)38-22-13-37-21(9-10-35)26(22,29)30/h3-8,11-12,21-22,35H,9-10,13H2,1-2H3,(H,31,32,33)/t21-,22-/m1/s1. The minimum Gasteiger partial charge on any atom is -0.452 e. The van der Waals surface area contributed by atoms with Crippen molar-refractivity contribution in [1.29, 1.82) is 0 Å². The molecule has 5 rings (SSSR count). The first-order chi connectivity index (χ1) is 18.4. The van der Waals surface area contributed by atoms with Crippen LogP contribution in [-0.4, -0.2) is 68.1 Å². The largest absolute Gasteiger partial charge is 0.452 e. The smallest absolute Gasteiger partial charge is 0.312 e. The van der Waals surface area contributed by atoms with Gasteiger partial charge in [0.15, 0.2) is 17.6 Å². The molecule has 1 aliphatic heterocycles. The summed E-state index contributed by atoms with van der Waals surface area (Å²) in [6, 6.07) is 11.7. The van der Waals surface area contributed by atoms with Crippen LogP contribution in [0.15, 0.2) is 52.9 Å². The zero-order valence-electron chi connectivity index (χ0n) is 20.8. The molecule has 0 bridgehead atoms. The van der Waals surface area contributed by atoms with E-state index in [0.29, 0.717) is 16.8 Å². The summed E-state index contributed by atoms with van der Waals surface area (Å²) in [5.41, 5.74) is 1.32. The second-order valence-corrected chi connectivity index (χ2v) is 11.9. The summed E-state index contributed by atoms with van der Waals surface area (Å²) in [6.07, 6.45) is -0.374. The SMILES string of the molecule is CS(C)(=O)=Nc1ccc(-c2ccc(-c3nc4nc(O[C@@H]5CO[C@H](CCO)C5(F)F)[nH]c4cc3F)c(F)c2)cc1. The Morgan fingerprint density at radius 3 is 2.49 bits per heavy atom. The van der Waals surface area contributed by atoms with Crippen LogP contribution in [-0.2, 0) is 14.5 Å². The normalized spacial score (nSPS) is 18.9. The zero-order valence-corrected chi connectivity index (χ0v) is 21.6. The van der Waals surface area contributed by atoms with Crippen molar-refractivity contribution in [3.05, 3.63) is 60.2 Å². The third kappa shape index (κ3) is 5.60. The number of alkyl halides is 2. The monoisotopic (exact) mass is 564 g/mol. The zero-order chi connectivity index (χ0) is 27.9. The van der Waals surface area contributed by atoms with Crippen LogP contribution in [0.4, 0.5) is 23.2 Å². The van der Waals surface area contributed by atoms with E-state index in [1.807, 2.05) is 0 Å². The highest BCUT2D eigenvalue weighted by atomic mass is 32.2. The van der Waals surface area contributed by atoms with E-state index in [-0.39, 0.29) is 34.9 Å². The first-order valence-corrected chi connectivity index (χ1v) is 14.2. The fraction of sp³-hybridized carbons (Fsp3) is 0.308. The first kappa shape index (κ1) is 27.0. The van der Waals surface area contributed by atoms with Crippen LogP contribution < -0.4 is 4.74 Å². The van der Waals surface area contributed by atoms with Gasteiger partial charge < -0.3 is 19.6 Å². The number of benzene rings is 2. The molecular formula is C26H24F4N4O4S. The lowest BCUT2D eigenvalue weighted by Gasteiger charge is -2.21. The van der Waals surface area contributed by atoms with E-state index < -0.39 is 52.7 Å². The predicted molar refractivity (Wildman–Crippen MR) is 138 cm³/mol. The van der Waals surface area contributed by atoms with E-state index >= 15 is 4.39 Å². The molecule has 2 aromatic heterocycles. The molecule has 13 heteroatoms. The summed E-state index contributed by atoms with van der Waals surface area (Å²) in [5, 5.41) is 8.96. The lowest BCUT2D eigenvalue weighted by atomic mass is 10.0. The van der Waals surface area contributed by atoms with Crippen molar-refractivity contribution in [3.8, 4) is 28.4 Å². The highest BCUT2D eigenvalue weighted by Gasteiger charge is 2.55. The molecule has 2 N–H and O–H groups in total. The number of aliphatic hydroxyl groups is 1. The van der Waals surface area contributed by atoms with Gasteiger partial charge in [-0.2, -0.15) is 18.1 Å². The van der Waals surface area contributed by atoms with Crippen molar-refractivity contribution >= 4 is 26.6 Å². The summed E-state index contributed by atoms with van der Waals surface area (Å²) >= 11 is 0. The average molecular weight is 565 g/mol. The van der Waals surface area contributed by atoms with Gasteiger partial charge in [-0.05, 0) is 35.4 Å². The van der Waals surface area contributed by atoms with Crippen LogP contribution in [0.2, 0.25) is 0 Å². The fourth-order valence-corrected chi connectivity index (χ4v) is 4.90. The van der Waals surface area contributed by atoms with Gasteiger partial charge in [0, 0.05) is 46.9 Å². The van der Waals surface area contributed by atoms with Gasteiger partial charge in [0.2, 0.25) is 0 Å². The molecule has 0 saturated carbocycles. The van der Waals surface area contributed by atoms with E-state index in [0.717, 1.165) is 6.07 Å². The van der Waals surface area contributed by atoms with Crippen LogP contribution in [0.25, 0.3) is 33.5 Å². The van der Waals surface area contributed by atoms with E-state index in [1.165, 1.54) is 24.6 Å². The van der Waals surface area contributed by atoms with Crippen LogP contribution in [0.3, 0.4) is 0 Å². The average Bonchev–Trinajstić information content (AvgIpc) is 3.37. The quantitative estimate of drug-likeness (QED) is 0.303. The third-order valence-corrected chi connectivity index (χ3v) is 6.76. The number of hydrogen-bond donors (Lipinski definition) is 2. The molecular weight excluding hydrogens is 540 g/mol. The van der Waals surface area contributed by atoms with Crippen molar-refractivity contribution in [2.75, 3.05) is 25.7 Å². The second kappa shape index (κ2) is 10.2. The first-order valence-electron chi connectivity index (χ1n) is 11.9. The minimum absolute atomic E-state index is 0.0539. The Bertz CT molecular complexity index is 1640. The molecule has 2 aromatic carbocycles. The van der Waals surface area contributed by atoms with Crippen molar-refractivity contribution < 1.29 is 36.4 Å². The lowest BCUT2D eigenvalue weighted by Crippen LogP contribution is -2.42. The highest BCUT2D eigenvalue weighted by molar-refractivity contribution is 7.92. The molecule has 1 saturated heterocycles. The molecule has 0 spiro atoms. The van der Waals surface area contributed by atoms with Crippen molar-refractivity contribution in [2.45, 2.75) is 24.6 Å². The predicted octanol–water partition coefficient (Wildman–Crippen LogP) is 5.09. The number of fused-ring (bicyclic) bond motifs is 1. The number of ether oxygens (including phenoxy) is 2.